The van der Waals surface area contributed by atoms with E-state index in [0.29, 0.717) is 5.02 Å². The number of hydrogen-bond acceptors (Lipinski definition) is 5. The van der Waals surface area contributed by atoms with Crippen LogP contribution in [0.5, 0.6) is 0 Å². The Morgan fingerprint density at radius 1 is 1.35 bits per heavy atom. The van der Waals surface area contributed by atoms with Gasteiger partial charge in [0.15, 0.2) is 5.76 Å². The van der Waals surface area contributed by atoms with Crippen LogP contribution in [0, 0.1) is 10.1 Å². The van der Waals surface area contributed by atoms with Crippen molar-refractivity contribution < 1.29 is 14.1 Å². The standard InChI is InChI=1S/C12H8ClN3O4/c13-10-4-2-1-3-9(10)12(17)15-14-7-8-5-6-11(20-8)16(18)19/h1-7H,(H,15,17). The maximum Gasteiger partial charge on any atom is 0.433 e. The van der Waals surface area contributed by atoms with E-state index < -0.39 is 16.7 Å². The number of rotatable bonds is 4. The minimum atomic E-state index is -0.667. The normalized spacial score (nSPS) is 10.7. The fourth-order valence-electron chi connectivity index (χ4n) is 1.37. The van der Waals surface area contributed by atoms with E-state index >= 15 is 0 Å². The van der Waals surface area contributed by atoms with Crippen molar-refractivity contribution >= 4 is 29.6 Å². The van der Waals surface area contributed by atoms with Crippen molar-refractivity contribution in [1.29, 1.82) is 0 Å². The molecular formula is C12H8ClN3O4. The molecule has 102 valence electrons. The van der Waals surface area contributed by atoms with Crippen molar-refractivity contribution in [2.75, 3.05) is 0 Å². The lowest BCUT2D eigenvalue weighted by Gasteiger charge is -2.00. The summed E-state index contributed by atoms with van der Waals surface area (Å²) in [4.78, 5) is 21.5. The first-order valence-electron chi connectivity index (χ1n) is 5.40. The quantitative estimate of drug-likeness (QED) is 0.532. The molecule has 8 heteroatoms. The molecule has 0 aliphatic rings. The predicted molar refractivity (Wildman–Crippen MR) is 71.9 cm³/mol. The van der Waals surface area contributed by atoms with Crippen LogP contribution in [-0.2, 0) is 0 Å². The Hall–Kier alpha value is -2.67. The number of hydrazone groups is 1. The molecule has 1 N–H and O–H groups in total. The molecule has 20 heavy (non-hydrogen) atoms. The minimum Gasteiger partial charge on any atom is -0.400 e. The zero-order valence-corrected chi connectivity index (χ0v) is 10.7. The van der Waals surface area contributed by atoms with Gasteiger partial charge in [-0.25, -0.2) is 5.43 Å². The first-order chi connectivity index (χ1) is 9.58. The summed E-state index contributed by atoms with van der Waals surface area (Å²) in [7, 11) is 0. The molecule has 1 aromatic heterocycles. The zero-order valence-electron chi connectivity index (χ0n) is 9.95. The van der Waals surface area contributed by atoms with Crippen LogP contribution in [0.1, 0.15) is 16.1 Å². The highest BCUT2D eigenvalue weighted by molar-refractivity contribution is 6.33. The van der Waals surface area contributed by atoms with Gasteiger partial charge >= 0.3 is 5.88 Å². The highest BCUT2D eigenvalue weighted by Gasteiger charge is 2.11. The second-order valence-electron chi connectivity index (χ2n) is 3.61. The van der Waals surface area contributed by atoms with Crippen LogP contribution in [0.2, 0.25) is 5.02 Å². The van der Waals surface area contributed by atoms with Gasteiger partial charge in [0.1, 0.15) is 4.92 Å². The van der Waals surface area contributed by atoms with Gasteiger partial charge in [-0.15, -0.1) is 0 Å². The lowest BCUT2D eigenvalue weighted by Crippen LogP contribution is -2.17. The van der Waals surface area contributed by atoms with Crippen LogP contribution < -0.4 is 5.43 Å². The molecule has 0 atom stereocenters. The molecule has 0 saturated carbocycles. The summed E-state index contributed by atoms with van der Waals surface area (Å²) in [5, 5.41) is 14.3. The number of hydrogen-bond donors (Lipinski definition) is 1. The Morgan fingerprint density at radius 3 is 2.75 bits per heavy atom. The second kappa shape index (κ2) is 5.98. The van der Waals surface area contributed by atoms with Gasteiger partial charge in [0.2, 0.25) is 0 Å². The topological polar surface area (TPSA) is 97.7 Å². The summed E-state index contributed by atoms with van der Waals surface area (Å²) >= 11 is 5.85. The molecule has 0 aliphatic carbocycles. The van der Waals surface area contributed by atoms with Gasteiger partial charge in [-0.05, 0) is 18.2 Å². The van der Waals surface area contributed by atoms with E-state index in [1.807, 2.05) is 0 Å². The maximum atomic E-state index is 11.7. The van der Waals surface area contributed by atoms with Crippen LogP contribution in [0.4, 0.5) is 5.88 Å². The first-order valence-corrected chi connectivity index (χ1v) is 5.78. The Morgan fingerprint density at radius 2 is 2.10 bits per heavy atom. The highest BCUT2D eigenvalue weighted by Crippen LogP contribution is 2.15. The van der Waals surface area contributed by atoms with Crippen molar-refractivity contribution in [2.45, 2.75) is 0 Å². The number of carbonyl (C=O) groups excluding carboxylic acids is 1. The van der Waals surface area contributed by atoms with Crippen molar-refractivity contribution in [3.8, 4) is 0 Å². The summed E-state index contributed by atoms with van der Waals surface area (Å²) in [5.41, 5.74) is 2.52. The molecule has 0 bridgehead atoms. The van der Waals surface area contributed by atoms with E-state index in [2.05, 4.69) is 10.5 Å². The van der Waals surface area contributed by atoms with E-state index in [1.54, 1.807) is 24.3 Å². The molecule has 0 fully saturated rings. The van der Waals surface area contributed by atoms with Crippen LogP contribution in [-0.4, -0.2) is 17.0 Å². The molecule has 0 unspecified atom stereocenters. The van der Waals surface area contributed by atoms with Gasteiger partial charge in [0.25, 0.3) is 5.91 Å². The molecule has 2 rings (SSSR count). The van der Waals surface area contributed by atoms with Gasteiger partial charge in [-0.1, -0.05) is 23.7 Å². The van der Waals surface area contributed by atoms with Gasteiger partial charge < -0.3 is 4.42 Å². The first kappa shape index (κ1) is 13.8. The van der Waals surface area contributed by atoms with Gasteiger partial charge in [-0.2, -0.15) is 5.10 Å². The molecule has 0 spiro atoms. The van der Waals surface area contributed by atoms with E-state index in [-0.39, 0.29) is 11.3 Å². The van der Waals surface area contributed by atoms with Crippen molar-refractivity contribution in [3.63, 3.8) is 0 Å². The SMILES string of the molecule is O=C(NN=Cc1ccc([N+](=O)[O-])o1)c1ccccc1Cl. The molecule has 1 heterocycles. The summed E-state index contributed by atoms with van der Waals surface area (Å²) in [5.74, 6) is -0.743. The van der Waals surface area contributed by atoms with E-state index in [0.717, 1.165) is 6.21 Å². The number of halogens is 1. The number of nitro groups is 1. The summed E-state index contributed by atoms with van der Waals surface area (Å²) < 4.78 is 4.83. The van der Waals surface area contributed by atoms with Gasteiger partial charge in [0.05, 0.1) is 22.9 Å². The molecule has 7 nitrogen and oxygen atoms in total. The average molecular weight is 294 g/mol. The summed E-state index contributed by atoms with van der Waals surface area (Å²) in [6.45, 7) is 0. The average Bonchev–Trinajstić information content (AvgIpc) is 2.88. The molecule has 0 radical (unpaired) electrons. The monoisotopic (exact) mass is 293 g/mol. The van der Waals surface area contributed by atoms with Crippen LogP contribution in [0.15, 0.2) is 45.9 Å². The molecular weight excluding hydrogens is 286 g/mol. The number of nitrogens with zero attached hydrogens (tertiary/aromatic N) is 2. The number of amides is 1. The Balaban J connectivity index is 2.01. The van der Waals surface area contributed by atoms with E-state index in [4.69, 9.17) is 16.0 Å². The third-order valence-electron chi connectivity index (χ3n) is 2.27. The molecule has 0 saturated heterocycles. The lowest BCUT2D eigenvalue weighted by atomic mass is 10.2. The zero-order chi connectivity index (χ0) is 14.5. The molecule has 2 aromatic rings. The summed E-state index contributed by atoms with van der Waals surface area (Å²) in [6, 6.07) is 9.05. The van der Waals surface area contributed by atoms with Crippen molar-refractivity contribution in [1.82, 2.24) is 5.43 Å². The van der Waals surface area contributed by atoms with E-state index in [9.17, 15) is 14.9 Å². The smallest absolute Gasteiger partial charge is 0.400 e. The minimum absolute atomic E-state index is 0.149. The predicted octanol–water partition coefficient (Wildman–Crippen LogP) is 2.61. The Kier molecular flexibility index (Phi) is 4.11. The third kappa shape index (κ3) is 3.21. The van der Waals surface area contributed by atoms with Crippen molar-refractivity contribution in [3.05, 3.63) is 62.9 Å². The lowest BCUT2D eigenvalue weighted by molar-refractivity contribution is -0.402. The summed E-state index contributed by atoms with van der Waals surface area (Å²) in [6.07, 6.45) is 1.15. The van der Waals surface area contributed by atoms with Gasteiger partial charge in [0, 0.05) is 0 Å². The number of benzene rings is 1. The maximum absolute atomic E-state index is 11.7. The van der Waals surface area contributed by atoms with Crippen LogP contribution >= 0.6 is 11.6 Å². The number of carbonyl (C=O) groups is 1. The Labute approximate surface area is 118 Å². The fourth-order valence-corrected chi connectivity index (χ4v) is 1.59. The van der Waals surface area contributed by atoms with Crippen molar-refractivity contribution in [2.24, 2.45) is 5.10 Å². The molecule has 0 aliphatic heterocycles. The number of furan rings is 1. The third-order valence-corrected chi connectivity index (χ3v) is 2.60. The van der Waals surface area contributed by atoms with E-state index in [1.165, 1.54) is 12.1 Å². The second-order valence-corrected chi connectivity index (χ2v) is 4.02. The largest absolute Gasteiger partial charge is 0.433 e. The molecule has 1 aromatic carbocycles. The Bertz CT molecular complexity index is 681. The number of nitrogens with one attached hydrogen (secondary N) is 1. The fraction of sp³-hybridized carbons (Fsp3) is 0. The van der Waals surface area contributed by atoms with Crippen LogP contribution in [0.25, 0.3) is 0 Å². The highest BCUT2D eigenvalue weighted by atomic mass is 35.5. The van der Waals surface area contributed by atoms with Crippen LogP contribution in [0.3, 0.4) is 0 Å². The molecule has 1 amide bonds. The van der Waals surface area contributed by atoms with Gasteiger partial charge in [-0.3, -0.25) is 14.9 Å².